The van der Waals surface area contributed by atoms with E-state index in [1.807, 2.05) is 24.3 Å². The molecule has 0 atom stereocenters. The highest BCUT2D eigenvalue weighted by atomic mass is 19.1. The number of aromatic nitrogens is 2. The topological polar surface area (TPSA) is 94.7 Å². The SMILES string of the molecule is O=C(Nc1ccc(N2CCN(c3cccc(O)c3)CC2)nc1)c1nc(-c2ccccc2)oc1F. The van der Waals surface area contributed by atoms with Gasteiger partial charge in [0, 0.05) is 43.5 Å². The molecule has 0 aliphatic carbocycles. The number of piperazine rings is 1. The molecule has 172 valence electrons. The summed E-state index contributed by atoms with van der Waals surface area (Å²) in [6.45, 7) is 3.11. The summed E-state index contributed by atoms with van der Waals surface area (Å²) in [5, 5.41) is 12.3. The van der Waals surface area contributed by atoms with Crippen LogP contribution in [0.5, 0.6) is 5.75 Å². The molecule has 2 aromatic carbocycles. The predicted octanol–water partition coefficient (Wildman–Crippen LogP) is 4.16. The van der Waals surface area contributed by atoms with Crippen LogP contribution in [0.25, 0.3) is 11.5 Å². The minimum Gasteiger partial charge on any atom is -0.508 e. The van der Waals surface area contributed by atoms with Crippen LogP contribution in [-0.2, 0) is 0 Å². The van der Waals surface area contributed by atoms with Crippen molar-refractivity contribution >= 4 is 23.1 Å². The summed E-state index contributed by atoms with van der Waals surface area (Å²) in [7, 11) is 0. The summed E-state index contributed by atoms with van der Waals surface area (Å²) in [6.07, 6.45) is 1.53. The van der Waals surface area contributed by atoms with E-state index in [9.17, 15) is 14.3 Å². The van der Waals surface area contributed by atoms with Crippen molar-refractivity contribution in [1.29, 1.82) is 0 Å². The third-order valence-corrected chi connectivity index (χ3v) is 5.63. The molecule has 1 aliphatic rings. The van der Waals surface area contributed by atoms with Crippen LogP contribution in [0.1, 0.15) is 10.5 Å². The Kier molecular flexibility index (Phi) is 5.82. The summed E-state index contributed by atoms with van der Waals surface area (Å²) in [5.74, 6) is 0.368. The zero-order valence-corrected chi connectivity index (χ0v) is 18.2. The molecule has 0 bridgehead atoms. The fourth-order valence-corrected chi connectivity index (χ4v) is 3.87. The van der Waals surface area contributed by atoms with Crippen molar-refractivity contribution < 1.29 is 18.7 Å². The normalized spacial score (nSPS) is 13.7. The molecule has 1 saturated heterocycles. The Bertz CT molecular complexity index is 1290. The minimum atomic E-state index is -1.04. The van der Waals surface area contributed by atoms with Gasteiger partial charge in [-0.3, -0.25) is 4.79 Å². The van der Waals surface area contributed by atoms with Gasteiger partial charge in [0.15, 0.2) is 0 Å². The van der Waals surface area contributed by atoms with Crippen LogP contribution in [0.3, 0.4) is 0 Å². The van der Waals surface area contributed by atoms with Crippen molar-refractivity contribution in [3.05, 3.63) is 84.6 Å². The number of benzene rings is 2. The number of nitrogens with zero attached hydrogens (tertiary/aromatic N) is 4. The number of nitrogens with one attached hydrogen (secondary N) is 1. The van der Waals surface area contributed by atoms with Crippen molar-refractivity contribution in [1.82, 2.24) is 9.97 Å². The number of hydrogen-bond acceptors (Lipinski definition) is 7. The monoisotopic (exact) mass is 459 g/mol. The van der Waals surface area contributed by atoms with Gasteiger partial charge in [0.25, 0.3) is 5.91 Å². The van der Waals surface area contributed by atoms with Gasteiger partial charge in [-0.25, -0.2) is 9.97 Å². The van der Waals surface area contributed by atoms with Crippen LogP contribution < -0.4 is 15.1 Å². The molecule has 2 N–H and O–H groups in total. The van der Waals surface area contributed by atoms with Gasteiger partial charge < -0.3 is 24.6 Å². The third kappa shape index (κ3) is 4.54. The van der Waals surface area contributed by atoms with Crippen LogP contribution in [0, 0.1) is 6.01 Å². The van der Waals surface area contributed by atoms with E-state index in [1.165, 1.54) is 6.20 Å². The Balaban J connectivity index is 1.21. The first-order valence-electron chi connectivity index (χ1n) is 10.8. The molecule has 3 heterocycles. The minimum absolute atomic E-state index is 0.0431. The zero-order valence-electron chi connectivity index (χ0n) is 18.2. The number of carbonyl (C=O) groups excluding carboxylic acids is 1. The number of phenolic OH excluding ortho intramolecular Hbond substituents is 1. The summed E-state index contributed by atoms with van der Waals surface area (Å²) >= 11 is 0. The molecular formula is C25H22FN5O3. The van der Waals surface area contributed by atoms with Crippen LogP contribution in [-0.4, -0.2) is 47.2 Å². The number of oxazole rings is 1. The number of anilines is 3. The number of halogens is 1. The fourth-order valence-electron chi connectivity index (χ4n) is 3.87. The molecule has 0 radical (unpaired) electrons. The molecule has 4 aromatic rings. The summed E-state index contributed by atoms with van der Waals surface area (Å²) in [6, 6.07) is 18.5. The molecule has 0 saturated carbocycles. The lowest BCUT2D eigenvalue weighted by molar-refractivity contribution is 0.101. The highest BCUT2D eigenvalue weighted by Gasteiger charge is 2.22. The third-order valence-electron chi connectivity index (χ3n) is 5.63. The molecule has 8 nitrogen and oxygen atoms in total. The zero-order chi connectivity index (χ0) is 23.5. The van der Waals surface area contributed by atoms with Gasteiger partial charge in [-0.05, 0) is 36.4 Å². The maximum atomic E-state index is 14.2. The van der Waals surface area contributed by atoms with Gasteiger partial charge in [-0.15, -0.1) is 0 Å². The number of carbonyl (C=O) groups is 1. The lowest BCUT2D eigenvalue weighted by Crippen LogP contribution is -2.46. The number of rotatable bonds is 5. The Morgan fingerprint density at radius 3 is 2.44 bits per heavy atom. The summed E-state index contributed by atoms with van der Waals surface area (Å²) in [5.41, 5.74) is 1.58. The van der Waals surface area contributed by atoms with Crippen molar-refractivity contribution in [2.24, 2.45) is 0 Å². The number of hydrogen-bond donors (Lipinski definition) is 2. The standard InChI is InChI=1S/C25H22FN5O3/c26-23-22(29-25(34-23)17-5-2-1-3-6-17)24(33)28-18-9-10-21(27-16-18)31-13-11-30(12-14-31)19-7-4-8-20(32)15-19/h1-10,15-16,32H,11-14H2,(H,28,33). The fraction of sp³-hybridized carbons (Fsp3) is 0.160. The van der Waals surface area contributed by atoms with E-state index in [1.54, 1.807) is 42.5 Å². The van der Waals surface area contributed by atoms with Crippen molar-refractivity contribution in [3.63, 3.8) is 0 Å². The Labute approximate surface area is 195 Å². The molecule has 9 heteroatoms. The van der Waals surface area contributed by atoms with Gasteiger partial charge in [0.1, 0.15) is 11.6 Å². The van der Waals surface area contributed by atoms with Gasteiger partial charge in [0.2, 0.25) is 11.6 Å². The van der Waals surface area contributed by atoms with E-state index in [2.05, 4.69) is 25.1 Å². The van der Waals surface area contributed by atoms with Crippen LogP contribution >= 0.6 is 0 Å². The average Bonchev–Trinajstić information content (AvgIpc) is 3.27. The molecule has 0 spiro atoms. The van der Waals surface area contributed by atoms with Gasteiger partial charge >= 0.3 is 6.01 Å². The average molecular weight is 459 g/mol. The molecule has 1 aliphatic heterocycles. The molecule has 1 amide bonds. The highest BCUT2D eigenvalue weighted by Crippen LogP contribution is 2.24. The number of pyridine rings is 1. The van der Waals surface area contributed by atoms with Crippen LogP contribution in [0.2, 0.25) is 0 Å². The summed E-state index contributed by atoms with van der Waals surface area (Å²) in [4.78, 5) is 25.3. The van der Waals surface area contributed by atoms with E-state index in [0.717, 1.165) is 37.7 Å². The van der Waals surface area contributed by atoms with Crippen molar-refractivity contribution in [2.75, 3.05) is 41.3 Å². The maximum Gasteiger partial charge on any atom is 0.311 e. The first-order chi connectivity index (χ1) is 16.6. The van der Waals surface area contributed by atoms with E-state index in [4.69, 9.17) is 4.42 Å². The first kappa shape index (κ1) is 21.4. The lowest BCUT2D eigenvalue weighted by Gasteiger charge is -2.36. The molecule has 1 fully saturated rings. The quantitative estimate of drug-likeness (QED) is 0.463. The number of amides is 1. The van der Waals surface area contributed by atoms with Crippen LogP contribution in [0.4, 0.5) is 21.6 Å². The van der Waals surface area contributed by atoms with E-state index in [-0.39, 0.29) is 11.6 Å². The molecule has 0 unspecified atom stereocenters. The van der Waals surface area contributed by atoms with Gasteiger partial charge in [-0.1, -0.05) is 24.3 Å². The first-order valence-corrected chi connectivity index (χ1v) is 10.8. The highest BCUT2D eigenvalue weighted by molar-refractivity contribution is 6.03. The Morgan fingerprint density at radius 1 is 0.971 bits per heavy atom. The maximum absolute atomic E-state index is 14.2. The van der Waals surface area contributed by atoms with E-state index >= 15 is 0 Å². The molecule has 2 aromatic heterocycles. The molecular weight excluding hydrogens is 437 g/mol. The number of phenols is 1. The van der Waals surface area contributed by atoms with Gasteiger partial charge in [-0.2, -0.15) is 4.39 Å². The van der Waals surface area contributed by atoms with Crippen molar-refractivity contribution in [3.8, 4) is 17.2 Å². The second kappa shape index (κ2) is 9.22. The molecule has 34 heavy (non-hydrogen) atoms. The smallest absolute Gasteiger partial charge is 0.311 e. The largest absolute Gasteiger partial charge is 0.508 e. The lowest BCUT2D eigenvalue weighted by atomic mass is 10.2. The van der Waals surface area contributed by atoms with Crippen molar-refractivity contribution in [2.45, 2.75) is 0 Å². The molecule has 5 rings (SSSR count). The van der Waals surface area contributed by atoms with Crippen LogP contribution in [0.15, 0.2) is 77.3 Å². The predicted molar refractivity (Wildman–Crippen MR) is 127 cm³/mol. The second-order valence-electron chi connectivity index (χ2n) is 7.86. The Morgan fingerprint density at radius 2 is 1.74 bits per heavy atom. The van der Waals surface area contributed by atoms with E-state index < -0.39 is 17.6 Å². The number of aromatic hydroxyl groups is 1. The van der Waals surface area contributed by atoms with E-state index in [0.29, 0.717) is 11.3 Å². The second-order valence-corrected chi connectivity index (χ2v) is 7.86. The van der Waals surface area contributed by atoms with Gasteiger partial charge in [0.05, 0.1) is 11.9 Å². The summed E-state index contributed by atoms with van der Waals surface area (Å²) < 4.78 is 19.2. The Hall–Kier alpha value is -4.40.